The molecule has 6 nitrogen and oxygen atoms in total. The van der Waals surface area contributed by atoms with Crippen molar-refractivity contribution < 1.29 is 13.5 Å². The lowest BCUT2D eigenvalue weighted by Crippen LogP contribution is -2.32. The highest BCUT2D eigenvalue weighted by Gasteiger charge is 2.40. The van der Waals surface area contributed by atoms with Gasteiger partial charge in [-0.1, -0.05) is 29.8 Å². The van der Waals surface area contributed by atoms with Crippen molar-refractivity contribution in [3.8, 4) is 6.07 Å². The van der Waals surface area contributed by atoms with Crippen LogP contribution in [0.15, 0.2) is 59.6 Å². The summed E-state index contributed by atoms with van der Waals surface area (Å²) in [6.07, 6.45) is 3.04. The zero-order chi connectivity index (χ0) is 19.9. The van der Waals surface area contributed by atoms with Gasteiger partial charge in [0.25, 0.3) is 10.0 Å². The zero-order valence-electron chi connectivity index (χ0n) is 15.3. The predicted molar refractivity (Wildman–Crippen MR) is 103 cm³/mol. The Morgan fingerprint density at radius 2 is 1.82 bits per heavy atom. The first kappa shape index (κ1) is 18.4. The maximum absolute atomic E-state index is 13.1. The number of aryl methyl sites for hydroxylation is 1. The van der Waals surface area contributed by atoms with E-state index in [0.29, 0.717) is 41.6 Å². The molecule has 3 aromatic rings. The van der Waals surface area contributed by atoms with Gasteiger partial charge in [-0.3, -0.25) is 0 Å². The average Bonchev–Trinajstić information content (AvgIpc) is 3.15. The lowest BCUT2D eigenvalue weighted by molar-refractivity contribution is 0.0614. The Balaban J connectivity index is 1.82. The Kier molecular flexibility index (Phi) is 4.33. The summed E-state index contributed by atoms with van der Waals surface area (Å²) in [5.74, 6) is 0. The van der Waals surface area contributed by atoms with Crippen molar-refractivity contribution >= 4 is 10.0 Å². The summed E-state index contributed by atoms with van der Waals surface area (Å²) in [5, 5.41) is 24.5. The average molecular weight is 393 g/mol. The van der Waals surface area contributed by atoms with Crippen molar-refractivity contribution in [1.29, 1.82) is 5.26 Å². The monoisotopic (exact) mass is 393 g/mol. The lowest BCUT2D eigenvalue weighted by atomic mass is 9.78. The second kappa shape index (κ2) is 6.59. The molecule has 4 rings (SSSR count). The van der Waals surface area contributed by atoms with Gasteiger partial charge in [0.05, 0.1) is 28.4 Å². The number of fused-ring (bicyclic) bond motifs is 1. The minimum atomic E-state index is -3.85. The Morgan fingerprint density at radius 1 is 1.14 bits per heavy atom. The molecule has 0 saturated carbocycles. The van der Waals surface area contributed by atoms with Crippen LogP contribution in [-0.4, -0.2) is 22.7 Å². The maximum atomic E-state index is 13.1. The van der Waals surface area contributed by atoms with Crippen molar-refractivity contribution in [3.05, 3.63) is 82.7 Å². The highest BCUT2D eigenvalue weighted by atomic mass is 32.2. The molecule has 1 N–H and O–H groups in total. The van der Waals surface area contributed by atoms with Gasteiger partial charge in [0.2, 0.25) is 0 Å². The van der Waals surface area contributed by atoms with Gasteiger partial charge in [0.1, 0.15) is 5.60 Å². The molecule has 1 aliphatic rings. The molecule has 1 atom stereocenters. The van der Waals surface area contributed by atoms with Crippen LogP contribution in [0, 0.1) is 18.3 Å². The van der Waals surface area contributed by atoms with Crippen molar-refractivity contribution in [2.24, 2.45) is 0 Å². The molecule has 142 valence electrons. The minimum absolute atomic E-state index is 0.163. The maximum Gasteiger partial charge on any atom is 0.283 e. The summed E-state index contributed by atoms with van der Waals surface area (Å²) in [6.45, 7) is 1.89. The van der Waals surface area contributed by atoms with Gasteiger partial charge < -0.3 is 5.11 Å². The molecular weight excluding hydrogens is 374 g/mol. The van der Waals surface area contributed by atoms with Gasteiger partial charge in [-0.25, -0.2) is 0 Å². The van der Waals surface area contributed by atoms with Crippen LogP contribution in [0.25, 0.3) is 0 Å². The van der Waals surface area contributed by atoms with Gasteiger partial charge in [-0.2, -0.15) is 22.9 Å². The van der Waals surface area contributed by atoms with Gasteiger partial charge in [0.15, 0.2) is 0 Å². The van der Waals surface area contributed by atoms with E-state index >= 15 is 0 Å². The first-order valence-corrected chi connectivity index (χ1v) is 10.4. The van der Waals surface area contributed by atoms with Gasteiger partial charge in [0, 0.05) is 5.56 Å². The van der Waals surface area contributed by atoms with E-state index in [9.17, 15) is 13.5 Å². The highest BCUT2D eigenvalue weighted by molar-refractivity contribution is 7.89. The fraction of sp³-hybridized carbons (Fsp3) is 0.238. The summed E-state index contributed by atoms with van der Waals surface area (Å²) < 4.78 is 27.2. The molecular formula is C21H19N3O3S. The van der Waals surface area contributed by atoms with Crippen LogP contribution in [0.2, 0.25) is 0 Å². The molecule has 0 saturated heterocycles. The predicted octanol–water partition coefficient (Wildman–Crippen LogP) is 2.87. The Labute approximate surface area is 163 Å². The van der Waals surface area contributed by atoms with E-state index in [1.807, 2.05) is 6.92 Å². The standard InChI is InChI=1S/C21H19N3O3S/c1-15-4-10-18(11-5-15)28(26,27)24-20-3-2-12-21(25,19(20)14-23-24)17-8-6-16(13-22)7-9-17/h4-11,14,25H,2-3,12H2,1H3. The third kappa shape index (κ3) is 2.82. The number of hydrogen-bond acceptors (Lipinski definition) is 5. The number of hydrogen-bond donors (Lipinski definition) is 1. The largest absolute Gasteiger partial charge is 0.380 e. The Bertz CT molecular complexity index is 1170. The normalized spacial score (nSPS) is 19.0. The van der Waals surface area contributed by atoms with E-state index in [2.05, 4.69) is 11.2 Å². The zero-order valence-corrected chi connectivity index (χ0v) is 16.1. The first-order chi connectivity index (χ1) is 13.4. The van der Waals surface area contributed by atoms with Crippen LogP contribution in [-0.2, 0) is 22.0 Å². The van der Waals surface area contributed by atoms with E-state index in [0.717, 1.165) is 9.65 Å². The fourth-order valence-electron chi connectivity index (χ4n) is 3.72. The quantitative estimate of drug-likeness (QED) is 0.738. The van der Waals surface area contributed by atoms with Gasteiger partial charge in [-0.15, -0.1) is 0 Å². The van der Waals surface area contributed by atoms with Gasteiger partial charge in [-0.05, 0) is 56.0 Å². The number of aromatic nitrogens is 2. The number of aliphatic hydroxyl groups is 1. The highest BCUT2D eigenvalue weighted by Crippen LogP contribution is 2.41. The molecule has 1 aromatic heterocycles. The number of benzene rings is 2. The molecule has 7 heteroatoms. The van der Waals surface area contributed by atoms with Crippen LogP contribution in [0.4, 0.5) is 0 Å². The summed E-state index contributed by atoms with van der Waals surface area (Å²) in [5.41, 5.74) is 1.76. The van der Waals surface area contributed by atoms with Crippen molar-refractivity contribution in [2.45, 2.75) is 36.7 Å². The molecule has 0 aliphatic heterocycles. The summed E-state index contributed by atoms with van der Waals surface area (Å²) in [7, 11) is -3.85. The van der Waals surface area contributed by atoms with E-state index in [4.69, 9.17) is 5.26 Å². The first-order valence-electron chi connectivity index (χ1n) is 8.99. The number of nitriles is 1. The van der Waals surface area contributed by atoms with Crippen molar-refractivity contribution in [1.82, 2.24) is 9.19 Å². The van der Waals surface area contributed by atoms with E-state index < -0.39 is 15.6 Å². The summed E-state index contributed by atoms with van der Waals surface area (Å²) >= 11 is 0. The molecule has 0 bridgehead atoms. The van der Waals surface area contributed by atoms with Crippen LogP contribution in [0.5, 0.6) is 0 Å². The smallest absolute Gasteiger partial charge is 0.283 e. The summed E-state index contributed by atoms with van der Waals surface area (Å²) in [6, 6.07) is 15.4. The molecule has 1 heterocycles. The van der Waals surface area contributed by atoms with E-state index in [1.165, 1.54) is 6.20 Å². The van der Waals surface area contributed by atoms with Crippen LogP contribution < -0.4 is 0 Å². The molecule has 0 radical (unpaired) electrons. The lowest BCUT2D eigenvalue weighted by Gasteiger charge is -2.33. The SMILES string of the molecule is Cc1ccc(S(=O)(=O)n2ncc3c2CCCC3(O)c2ccc(C#N)cc2)cc1. The van der Waals surface area contributed by atoms with Crippen molar-refractivity contribution in [3.63, 3.8) is 0 Å². The Hall–Kier alpha value is -2.95. The third-order valence-corrected chi connectivity index (χ3v) is 6.91. The van der Waals surface area contributed by atoms with E-state index in [-0.39, 0.29) is 4.90 Å². The number of rotatable bonds is 3. The molecule has 0 amide bonds. The minimum Gasteiger partial charge on any atom is -0.380 e. The molecule has 0 spiro atoms. The van der Waals surface area contributed by atoms with Crippen LogP contribution in [0.3, 0.4) is 0 Å². The molecule has 1 unspecified atom stereocenters. The second-order valence-electron chi connectivity index (χ2n) is 7.07. The van der Waals surface area contributed by atoms with Crippen molar-refractivity contribution in [2.75, 3.05) is 0 Å². The fourth-order valence-corrected chi connectivity index (χ4v) is 5.05. The van der Waals surface area contributed by atoms with Crippen LogP contribution in [0.1, 0.15) is 40.8 Å². The Morgan fingerprint density at radius 3 is 2.46 bits per heavy atom. The topological polar surface area (TPSA) is 96.0 Å². The number of nitrogens with zero attached hydrogens (tertiary/aromatic N) is 3. The third-order valence-electron chi connectivity index (χ3n) is 5.27. The molecule has 28 heavy (non-hydrogen) atoms. The molecule has 0 fully saturated rings. The summed E-state index contributed by atoms with van der Waals surface area (Å²) in [4.78, 5) is 0.163. The molecule has 1 aliphatic carbocycles. The van der Waals surface area contributed by atoms with Gasteiger partial charge >= 0.3 is 0 Å². The molecule has 2 aromatic carbocycles. The van der Waals surface area contributed by atoms with Crippen LogP contribution >= 0.6 is 0 Å². The van der Waals surface area contributed by atoms with E-state index in [1.54, 1.807) is 48.5 Å². The second-order valence-corrected chi connectivity index (χ2v) is 8.84.